The summed E-state index contributed by atoms with van der Waals surface area (Å²) in [6.45, 7) is 1.64. The van der Waals surface area contributed by atoms with E-state index in [4.69, 9.17) is 19.9 Å². The lowest BCUT2D eigenvalue weighted by molar-refractivity contribution is -0.126. The van der Waals surface area contributed by atoms with Crippen LogP contribution in [0.25, 0.3) is 0 Å². The van der Waals surface area contributed by atoms with Gasteiger partial charge in [0.15, 0.2) is 6.29 Å². The van der Waals surface area contributed by atoms with Crippen molar-refractivity contribution in [2.45, 2.75) is 31.3 Å². The first-order valence-electron chi connectivity index (χ1n) is 7.26. The van der Waals surface area contributed by atoms with Gasteiger partial charge in [0.25, 0.3) is 5.91 Å². The maximum absolute atomic E-state index is 12.2. The molecule has 3 N–H and O–H groups in total. The zero-order chi connectivity index (χ0) is 14.7. The van der Waals surface area contributed by atoms with Crippen molar-refractivity contribution in [1.29, 1.82) is 0 Å². The first-order chi connectivity index (χ1) is 10.3. The van der Waals surface area contributed by atoms with Crippen molar-refractivity contribution in [3.05, 3.63) is 29.8 Å². The van der Waals surface area contributed by atoms with Gasteiger partial charge < -0.3 is 25.3 Å². The van der Waals surface area contributed by atoms with Gasteiger partial charge in [-0.3, -0.25) is 4.79 Å². The van der Waals surface area contributed by atoms with Crippen LogP contribution in [-0.2, 0) is 19.0 Å². The van der Waals surface area contributed by atoms with Crippen molar-refractivity contribution in [1.82, 2.24) is 0 Å². The normalized spacial score (nSPS) is 26.1. The Bertz CT molecular complexity index is 502. The quantitative estimate of drug-likeness (QED) is 0.870. The summed E-state index contributed by atoms with van der Waals surface area (Å²) in [5, 5.41) is 2.88. The zero-order valence-electron chi connectivity index (χ0n) is 11.8. The lowest BCUT2D eigenvalue weighted by atomic mass is 10.1. The average molecular weight is 292 g/mol. The predicted octanol–water partition coefficient (Wildman–Crippen LogP) is 1.18. The third kappa shape index (κ3) is 3.41. The Kier molecular flexibility index (Phi) is 4.50. The van der Waals surface area contributed by atoms with Crippen molar-refractivity contribution >= 4 is 11.6 Å². The third-order valence-electron chi connectivity index (χ3n) is 3.71. The molecule has 0 aromatic heterocycles. The Morgan fingerprint density at radius 2 is 2.10 bits per heavy atom. The Morgan fingerprint density at radius 1 is 1.29 bits per heavy atom. The van der Waals surface area contributed by atoms with E-state index >= 15 is 0 Å². The van der Waals surface area contributed by atoms with Gasteiger partial charge in [-0.05, 0) is 25.0 Å². The molecule has 21 heavy (non-hydrogen) atoms. The van der Waals surface area contributed by atoms with Crippen LogP contribution in [0.2, 0.25) is 0 Å². The molecule has 2 unspecified atom stereocenters. The van der Waals surface area contributed by atoms with E-state index in [9.17, 15) is 4.79 Å². The molecule has 3 rings (SSSR count). The molecule has 114 valence electrons. The fraction of sp³-hybridized carbons (Fsp3) is 0.533. The molecule has 2 heterocycles. The molecule has 0 bridgehead atoms. The minimum atomic E-state index is -0.416. The van der Waals surface area contributed by atoms with Crippen LogP contribution in [0.15, 0.2) is 24.3 Å². The second kappa shape index (κ2) is 6.53. The number of benzene rings is 1. The van der Waals surface area contributed by atoms with Crippen LogP contribution in [-0.4, -0.2) is 37.9 Å². The number of anilines is 1. The van der Waals surface area contributed by atoms with Crippen molar-refractivity contribution < 1.29 is 19.0 Å². The van der Waals surface area contributed by atoms with Gasteiger partial charge in [0, 0.05) is 17.8 Å². The Labute approximate surface area is 123 Å². The van der Waals surface area contributed by atoms with Crippen LogP contribution in [0.5, 0.6) is 0 Å². The lowest BCUT2D eigenvalue weighted by Crippen LogP contribution is -2.29. The number of carbonyl (C=O) groups excluding carboxylic acids is 1. The van der Waals surface area contributed by atoms with Crippen molar-refractivity contribution in [3.8, 4) is 0 Å². The second-order valence-corrected chi connectivity index (χ2v) is 5.25. The van der Waals surface area contributed by atoms with Gasteiger partial charge in [0.1, 0.15) is 6.10 Å². The molecule has 1 aromatic carbocycles. The highest BCUT2D eigenvalue weighted by Gasteiger charge is 2.30. The third-order valence-corrected chi connectivity index (χ3v) is 3.71. The number of amides is 1. The summed E-state index contributed by atoms with van der Waals surface area (Å²) in [5.74, 6) is -0.128. The topological polar surface area (TPSA) is 82.8 Å². The molecule has 2 fully saturated rings. The number of nitrogens with one attached hydrogen (secondary N) is 1. The molecular formula is C15H20N2O4. The Balaban J connectivity index is 1.62. The van der Waals surface area contributed by atoms with Gasteiger partial charge in [-0.1, -0.05) is 12.1 Å². The number of rotatable bonds is 4. The highest BCUT2D eigenvalue weighted by atomic mass is 16.7. The van der Waals surface area contributed by atoms with Crippen molar-refractivity contribution in [2.75, 3.05) is 25.1 Å². The molecule has 0 aliphatic carbocycles. The highest BCUT2D eigenvalue weighted by molar-refractivity contribution is 5.94. The van der Waals surface area contributed by atoms with E-state index in [0.29, 0.717) is 26.2 Å². The maximum atomic E-state index is 12.2. The van der Waals surface area contributed by atoms with E-state index in [2.05, 4.69) is 5.32 Å². The molecule has 1 amide bonds. The number of ether oxygens (including phenoxy) is 3. The fourth-order valence-electron chi connectivity index (χ4n) is 2.61. The molecule has 0 saturated carbocycles. The minimum absolute atomic E-state index is 0.00706. The van der Waals surface area contributed by atoms with E-state index in [-0.39, 0.29) is 18.3 Å². The fourth-order valence-corrected chi connectivity index (χ4v) is 2.61. The minimum Gasteiger partial charge on any atom is -0.364 e. The Morgan fingerprint density at radius 3 is 2.81 bits per heavy atom. The zero-order valence-corrected chi connectivity index (χ0v) is 11.8. The smallest absolute Gasteiger partial charge is 0.253 e. The van der Waals surface area contributed by atoms with Crippen LogP contribution in [0.3, 0.4) is 0 Å². The summed E-state index contributed by atoms with van der Waals surface area (Å²) in [6, 6.07) is 7.49. The summed E-state index contributed by atoms with van der Waals surface area (Å²) >= 11 is 0. The summed E-state index contributed by atoms with van der Waals surface area (Å²) in [6.07, 6.45) is 0.778. The van der Waals surface area contributed by atoms with Crippen LogP contribution >= 0.6 is 0 Å². The number of hydrogen-bond acceptors (Lipinski definition) is 5. The largest absolute Gasteiger partial charge is 0.364 e. The van der Waals surface area contributed by atoms with E-state index < -0.39 is 6.10 Å². The first-order valence-corrected chi connectivity index (χ1v) is 7.26. The summed E-state index contributed by atoms with van der Waals surface area (Å²) in [5.41, 5.74) is 7.17. The van der Waals surface area contributed by atoms with Crippen molar-refractivity contribution in [3.63, 3.8) is 0 Å². The van der Waals surface area contributed by atoms with Gasteiger partial charge in [-0.25, -0.2) is 0 Å². The summed E-state index contributed by atoms with van der Waals surface area (Å²) in [7, 11) is 0. The SMILES string of the molecule is NCC1CCC(C(=O)Nc2cccc(C3OCCO3)c2)O1. The number of hydrogen-bond donors (Lipinski definition) is 2. The van der Waals surface area contributed by atoms with E-state index in [1.54, 1.807) is 0 Å². The van der Waals surface area contributed by atoms with Crippen LogP contribution in [0.1, 0.15) is 24.7 Å². The van der Waals surface area contributed by atoms with Gasteiger partial charge in [-0.15, -0.1) is 0 Å². The molecule has 2 aliphatic rings. The van der Waals surface area contributed by atoms with Gasteiger partial charge in [-0.2, -0.15) is 0 Å². The monoisotopic (exact) mass is 292 g/mol. The summed E-state index contributed by atoms with van der Waals surface area (Å²) < 4.78 is 16.5. The molecule has 0 radical (unpaired) electrons. The van der Waals surface area contributed by atoms with Crippen molar-refractivity contribution in [2.24, 2.45) is 5.73 Å². The van der Waals surface area contributed by atoms with Gasteiger partial charge in [0.05, 0.1) is 19.3 Å². The lowest BCUT2D eigenvalue weighted by Gasteiger charge is -2.14. The molecular weight excluding hydrogens is 272 g/mol. The molecule has 0 spiro atoms. The van der Waals surface area contributed by atoms with Gasteiger partial charge in [0.2, 0.25) is 0 Å². The number of nitrogens with two attached hydrogens (primary N) is 1. The standard InChI is InChI=1S/C15H20N2O4/c16-9-12-4-5-13(21-12)14(18)17-11-3-1-2-10(8-11)15-19-6-7-20-15/h1-3,8,12-13,15H,4-7,9,16H2,(H,17,18). The van der Waals surface area contributed by atoms with E-state index in [1.807, 2.05) is 24.3 Å². The molecule has 1 aromatic rings. The molecule has 6 heteroatoms. The predicted molar refractivity (Wildman–Crippen MR) is 76.7 cm³/mol. The molecule has 6 nitrogen and oxygen atoms in total. The van der Waals surface area contributed by atoms with E-state index in [0.717, 1.165) is 17.7 Å². The second-order valence-electron chi connectivity index (χ2n) is 5.25. The van der Waals surface area contributed by atoms with Gasteiger partial charge >= 0.3 is 0 Å². The maximum Gasteiger partial charge on any atom is 0.253 e. The number of carbonyl (C=O) groups is 1. The first kappa shape index (κ1) is 14.5. The van der Waals surface area contributed by atoms with Crippen LogP contribution in [0.4, 0.5) is 5.69 Å². The highest BCUT2D eigenvalue weighted by Crippen LogP contribution is 2.26. The molecule has 2 saturated heterocycles. The van der Waals surface area contributed by atoms with Crippen LogP contribution in [0, 0.1) is 0 Å². The van der Waals surface area contributed by atoms with Crippen LogP contribution < -0.4 is 11.1 Å². The molecule has 2 atom stereocenters. The average Bonchev–Trinajstić information content (AvgIpc) is 3.19. The molecule has 2 aliphatic heterocycles. The van der Waals surface area contributed by atoms with E-state index in [1.165, 1.54) is 0 Å². The summed E-state index contributed by atoms with van der Waals surface area (Å²) in [4.78, 5) is 12.2. The Hall–Kier alpha value is -1.47.